The first-order chi connectivity index (χ1) is 15.2. The summed E-state index contributed by atoms with van der Waals surface area (Å²) in [7, 11) is 0. The molecule has 0 spiro atoms. The van der Waals surface area contributed by atoms with Crippen molar-refractivity contribution in [3.05, 3.63) is 95.6 Å². The number of benzene rings is 3. The van der Waals surface area contributed by atoms with Crippen LogP contribution < -0.4 is 5.32 Å². The Morgan fingerprint density at radius 1 is 0.903 bits per heavy atom. The average Bonchev–Trinajstić information content (AvgIpc) is 3.30. The average molecular weight is 430 g/mol. The summed E-state index contributed by atoms with van der Waals surface area (Å²) in [4.78, 5) is 12.4. The topological polar surface area (TPSA) is 68.0 Å². The summed E-state index contributed by atoms with van der Waals surface area (Å²) in [5.41, 5.74) is 4.70. The molecule has 0 atom stereocenters. The van der Waals surface area contributed by atoms with Crippen LogP contribution in [-0.4, -0.2) is 28.4 Å². The van der Waals surface area contributed by atoms with Crippen LogP contribution in [-0.2, 0) is 5.75 Å². The molecule has 5 nitrogen and oxygen atoms in total. The number of amides is 1. The molecule has 4 aromatic rings. The summed E-state index contributed by atoms with van der Waals surface area (Å²) in [6.45, 7) is 2.65. The van der Waals surface area contributed by atoms with Crippen molar-refractivity contribution in [2.75, 3.05) is 12.3 Å². The molecule has 6 heteroatoms. The summed E-state index contributed by atoms with van der Waals surface area (Å²) in [6.07, 6.45) is 0. The van der Waals surface area contributed by atoms with E-state index < -0.39 is 0 Å². The molecule has 156 valence electrons. The van der Waals surface area contributed by atoms with Crippen LogP contribution in [0.5, 0.6) is 0 Å². The van der Waals surface area contributed by atoms with Crippen LogP contribution in [0.25, 0.3) is 22.9 Å². The van der Waals surface area contributed by atoms with Crippen LogP contribution >= 0.6 is 11.8 Å². The van der Waals surface area contributed by atoms with Gasteiger partial charge >= 0.3 is 0 Å². The molecule has 3 aromatic carbocycles. The van der Waals surface area contributed by atoms with Gasteiger partial charge in [0, 0.05) is 34.7 Å². The van der Waals surface area contributed by atoms with Gasteiger partial charge in [-0.15, -0.1) is 10.2 Å². The number of rotatable bonds is 8. The van der Waals surface area contributed by atoms with Crippen molar-refractivity contribution >= 4 is 17.7 Å². The predicted octanol–water partition coefficient (Wildman–Crippen LogP) is 5.38. The number of nitrogens with zero attached hydrogens (tertiary/aromatic N) is 2. The van der Waals surface area contributed by atoms with E-state index in [9.17, 15) is 4.79 Å². The minimum atomic E-state index is -0.0853. The van der Waals surface area contributed by atoms with E-state index in [1.54, 1.807) is 23.9 Å². The van der Waals surface area contributed by atoms with Gasteiger partial charge in [0.05, 0.1) is 0 Å². The Labute approximate surface area is 185 Å². The van der Waals surface area contributed by atoms with Gasteiger partial charge in [0.1, 0.15) is 0 Å². The van der Waals surface area contributed by atoms with Crippen molar-refractivity contribution < 1.29 is 9.21 Å². The molecule has 31 heavy (non-hydrogen) atoms. The summed E-state index contributed by atoms with van der Waals surface area (Å²) in [5.74, 6) is 2.63. The second kappa shape index (κ2) is 10.1. The van der Waals surface area contributed by atoms with Gasteiger partial charge in [0.15, 0.2) is 0 Å². The standard InChI is InChI=1S/C25H23N3O2S/c1-18-6-5-9-22(16-18)25-28-27-24(30-25)21-12-10-20(11-13-21)23(29)26-14-15-31-17-19-7-3-2-4-8-19/h2-13,16H,14-15,17H2,1H3,(H,26,29). The van der Waals surface area contributed by atoms with E-state index in [0.717, 1.165) is 28.2 Å². The van der Waals surface area contributed by atoms with Gasteiger partial charge in [0.25, 0.3) is 5.91 Å². The third-order valence-corrected chi connectivity index (χ3v) is 5.76. The fourth-order valence-corrected chi connectivity index (χ4v) is 3.92. The number of thioether (sulfide) groups is 1. The van der Waals surface area contributed by atoms with Crippen LogP contribution in [0.1, 0.15) is 21.5 Å². The first-order valence-corrected chi connectivity index (χ1v) is 11.3. The summed E-state index contributed by atoms with van der Waals surface area (Å²) in [6, 6.07) is 25.4. The number of carbonyl (C=O) groups excluding carboxylic acids is 1. The van der Waals surface area contributed by atoms with Crippen LogP contribution in [0.3, 0.4) is 0 Å². The minimum absolute atomic E-state index is 0.0853. The molecule has 4 rings (SSSR count). The lowest BCUT2D eigenvalue weighted by Gasteiger charge is -2.06. The van der Waals surface area contributed by atoms with Crippen molar-refractivity contribution in [2.24, 2.45) is 0 Å². The zero-order valence-electron chi connectivity index (χ0n) is 17.2. The van der Waals surface area contributed by atoms with E-state index >= 15 is 0 Å². The highest BCUT2D eigenvalue weighted by Crippen LogP contribution is 2.24. The van der Waals surface area contributed by atoms with Crippen molar-refractivity contribution in [3.63, 3.8) is 0 Å². The molecule has 1 heterocycles. The van der Waals surface area contributed by atoms with Crippen LogP contribution in [0, 0.1) is 6.92 Å². The van der Waals surface area contributed by atoms with Gasteiger partial charge in [-0.05, 0) is 48.9 Å². The van der Waals surface area contributed by atoms with Gasteiger partial charge in [0.2, 0.25) is 11.8 Å². The third-order valence-electron chi connectivity index (χ3n) is 4.73. The lowest BCUT2D eigenvalue weighted by molar-refractivity contribution is 0.0956. The lowest BCUT2D eigenvalue weighted by Crippen LogP contribution is -2.25. The maximum atomic E-state index is 12.4. The van der Waals surface area contributed by atoms with E-state index in [4.69, 9.17) is 4.42 Å². The van der Waals surface area contributed by atoms with Crippen LogP contribution in [0.4, 0.5) is 0 Å². The molecule has 0 radical (unpaired) electrons. The Bertz CT molecular complexity index is 1140. The third kappa shape index (κ3) is 5.61. The molecule has 0 aliphatic heterocycles. The van der Waals surface area contributed by atoms with E-state index in [-0.39, 0.29) is 5.91 Å². The van der Waals surface area contributed by atoms with E-state index in [1.807, 2.05) is 61.5 Å². The largest absolute Gasteiger partial charge is 0.416 e. The number of hydrogen-bond donors (Lipinski definition) is 1. The molecule has 0 unspecified atom stereocenters. The van der Waals surface area contributed by atoms with Gasteiger partial charge < -0.3 is 9.73 Å². The fraction of sp³-hybridized carbons (Fsp3) is 0.160. The molecule has 1 N–H and O–H groups in total. The van der Waals surface area contributed by atoms with Gasteiger partial charge in [-0.1, -0.05) is 48.0 Å². The SMILES string of the molecule is Cc1cccc(-c2nnc(-c3ccc(C(=O)NCCSCc4ccccc4)cc3)o2)c1. The highest BCUT2D eigenvalue weighted by Gasteiger charge is 2.12. The molecule has 1 aromatic heterocycles. The molecular formula is C25H23N3O2S. The van der Waals surface area contributed by atoms with Crippen LogP contribution in [0.15, 0.2) is 83.3 Å². The fourth-order valence-electron chi connectivity index (χ4n) is 3.10. The molecule has 0 fully saturated rings. The predicted molar refractivity (Wildman–Crippen MR) is 125 cm³/mol. The Balaban J connectivity index is 1.29. The van der Waals surface area contributed by atoms with Crippen molar-refractivity contribution in [2.45, 2.75) is 12.7 Å². The first-order valence-electron chi connectivity index (χ1n) is 10.1. The Morgan fingerprint density at radius 2 is 1.65 bits per heavy atom. The number of hydrogen-bond acceptors (Lipinski definition) is 5. The zero-order valence-corrected chi connectivity index (χ0v) is 18.1. The molecule has 0 saturated carbocycles. The van der Waals surface area contributed by atoms with Crippen molar-refractivity contribution in [3.8, 4) is 22.9 Å². The normalized spacial score (nSPS) is 10.7. The monoisotopic (exact) mass is 429 g/mol. The summed E-state index contributed by atoms with van der Waals surface area (Å²) >= 11 is 1.80. The second-order valence-electron chi connectivity index (χ2n) is 7.15. The maximum Gasteiger partial charge on any atom is 0.251 e. The van der Waals surface area contributed by atoms with Gasteiger partial charge in [-0.3, -0.25) is 4.79 Å². The molecule has 0 saturated heterocycles. The van der Waals surface area contributed by atoms with Gasteiger partial charge in [-0.2, -0.15) is 11.8 Å². The van der Waals surface area contributed by atoms with Gasteiger partial charge in [-0.25, -0.2) is 0 Å². The highest BCUT2D eigenvalue weighted by molar-refractivity contribution is 7.98. The number of aryl methyl sites for hydroxylation is 1. The van der Waals surface area contributed by atoms with Crippen LogP contribution in [0.2, 0.25) is 0 Å². The minimum Gasteiger partial charge on any atom is -0.416 e. The lowest BCUT2D eigenvalue weighted by atomic mass is 10.1. The van der Waals surface area contributed by atoms with Crippen molar-refractivity contribution in [1.82, 2.24) is 15.5 Å². The number of aromatic nitrogens is 2. The smallest absolute Gasteiger partial charge is 0.251 e. The molecule has 1 amide bonds. The number of carbonyl (C=O) groups is 1. The Hall–Kier alpha value is -3.38. The van der Waals surface area contributed by atoms with E-state index in [2.05, 4.69) is 27.6 Å². The van der Waals surface area contributed by atoms with E-state index in [1.165, 1.54) is 5.56 Å². The summed E-state index contributed by atoms with van der Waals surface area (Å²) < 4.78 is 5.81. The Kier molecular flexibility index (Phi) is 6.79. The summed E-state index contributed by atoms with van der Waals surface area (Å²) in [5, 5.41) is 11.2. The maximum absolute atomic E-state index is 12.4. The highest BCUT2D eigenvalue weighted by atomic mass is 32.2. The van der Waals surface area contributed by atoms with Crippen molar-refractivity contribution in [1.29, 1.82) is 0 Å². The molecule has 0 bridgehead atoms. The zero-order chi connectivity index (χ0) is 21.5. The second-order valence-corrected chi connectivity index (χ2v) is 8.26. The number of nitrogens with one attached hydrogen (secondary N) is 1. The van der Waals surface area contributed by atoms with E-state index in [0.29, 0.717) is 23.9 Å². The molecular weight excluding hydrogens is 406 g/mol. The Morgan fingerprint density at radius 3 is 2.39 bits per heavy atom. The first kappa shape index (κ1) is 20.9. The molecule has 0 aliphatic carbocycles. The quantitative estimate of drug-likeness (QED) is 0.381. The molecule has 0 aliphatic rings.